The standard InChI is InChI=1S/C19H25N5S/c1-3-4-6-19(20)7-9-24(12-19)15-5-8-21-17-16(15)14(11-22-17)18-23-10-13(2)25-18/h5,8,10-11H,3-4,6-7,9,12,20H2,1-2H3,(H,21,22). The first-order valence-electron chi connectivity index (χ1n) is 9.02. The minimum atomic E-state index is -0.0696. The lowest BCUT2D eigenvalue weighted by Crippen LogP contribution is -2.42. The zero-order chi connectivity index (χ0) is 17.4. The van der Waals surface area contributed by atoms with Crippen molar-refractivity contribution in [2.45, 2.75) is 45.1 Å². The lowest BCUT2D eigenvalue weighted by atomic mass is 9.93. The fourth-order valence-electron chi connectivity index (χ4n) is 3.79. The van der Waals surface area contributed by atoms with Crippen molar-refractivity contribution in [1.29, 1.82) is 0 Å². The number of hydrogen-bond acceptors (Lipinski definition) is 5. The Bertz CT molecular complexity index is 883. The third-order valence-electron chi connectivity index (χ3n) is 5.16. The molecule has 132 valence electrons. The van der Waals surface area contributed by atoms with Crippen LogP contribution in [0.3, 0.4) is 0 Å². The molecule has 1 unspecified atom stereocenters. The van der Waals surface area contributed by atoms with Gasteiger partial charge in [0.1, 0.15) is 10.7 Å². The van der Waals surface area contributed by atoms with Crippen LogP contribution in [0.15, 0.2) is 24.7 Å². The van der Waals surface area contributed by atoms with Gasteiger partial charge in [0.2, 0.25) is 0 Å². The molecule has 1 aliphatic rings. The smallest absolute Gasteiger partial charge is 0.140 e. The summed E-state index contributed by atoms with van der Waals surface area (Å²) in [7, 11) is 0. The highest BCUT2D eigenvalue weighted by molar-refractivity contribution is 7.15. The lowest BCUT2D eigenvalue weighted by molar-refractivity contribution is 0.419. The van der Waals surface area contributed by atoms with E-state index in [1.165, 1.54) is 23.4 Å². The number of aryl methyl sites for hydroxylation is 1. The van der Waals surface area contributed by atoms with Crippen LogP contribution < -0.4 is 10.6 Å². The average Bonchev–Trinajstić information content (AvgIpc) is 3.31. The average molecular weight is 356 g/mol. The molecule has 3 aromatic heterocycles. The normalized spacial score (nSPS) is 20.7. The second-order valence-electron chi connectivity index (χ2n) is 7.17. The SMILES string of the molecule is CCCCC1(N)CCN(c2ccnc3[nH]cc(-c4ncc(C)s4)c23)C1. The number of anilines is 1. The molecule has 6 heteroatoms. The molecule has 0 spiro atoms. The molecule has 25 heavy (non-hydrogen) atoms. The molecule has 3 N–H and O–H groups in total. The van der Waals surface area contributed by atoms with Crippen LogP contribution in [0.25, 0.3) is 21.6 Å². The van der Waals surface area contributed by atoms with Crippen molar-refractivity contribution < 1.29 is 0 Å². The fraction of sp³-hybridized carbons (Fsp3) is 0.474. The Morgan fingerprint density at radius 3 is 3.04 bits per heavy atom. The predicted octanol–water partition coefficient (Wildman–Crippen LogP) is 4.09. The first kappa shape index (κ1) is 16.5. The van der Waals surface area contributed by atoms with E-state index in [9.17, 15) is 0 Å². The summed E-state index contributed by atoms with van der Waals surface area (Å²) in [5.41, 5.74) is 9.88. The molecule has 0 bridgehead atoms. The Kier molecular flexibility index (Phi) is 4.25. The minimum absolute atomic E-state index is 0.0696. The van der Waals surface area contributed by atoms with Crippen LogP contribution in [0.4, 0.5) is 5.69 Å². The topological polar surface area (TPSA) is 70.8 Å². The molecule has 4 rings (SSSR count). The number of nitrogens with zero attached hydrogens (tertiary/aromatic N) is 3. The highest BCUT2D eigenvalue weighted by Gasteiger charge is 2.34. The Hall–Kier alpha value is -1.92. The van der Waals surface area contributed by atoms with Crippen molar-refractivity contribution >= 4 is 28.1 Å². The highest BCUT2D eigenvalue weighted by Crippen LogP contribution is 2.39. The molecular weight excluding hydrogens is 330 g/mol. The summed E-state index contributed by atoms with van der Waals surface area (Å²) in [5, 5.41) is 2.21. The second-order valence-corrected chi connectivity index (χ2v) is 8.40. The summed E-state index contributed by atoms with van der Waals surface area (Å²) in [6, 6.07) is 2.12. The van der Waals surface area contributed by atoms with E-state index in [0.29, 0.717) is 0 Å². The maximum atomic E-state index is 6.67. The summed E-state index contributed by atoms with van der Waals surface area (Å²) in [6.45, 7) is 6.23. The zero-order valence-electron chi connectivity index (χ0n) is 14.9. The van der Waals surface area contributed by atoms with Crippen molar-refractivity contribution in [3.8, 4) is 10.6 Å². The molecule has 0 amide bonds. The number of thiazole rings is 1. The van der Waals surface area contributed by atoms with Gasteiger partial charge in [-0.15, -0.1) is 11.3 Å². The van der Waals surface area contributed by atoms with Crippen molar-refractivity contribution in [2.24, 2.45) is 5.73 Å². The molecule has 1 aliphatic heterocycles. The molecule has 5 nitrogen and oxygen atoms in total. The number of nitrogens with one attached hydrogen (secondary N) is 1. The van der Waals surface area contributed by atoms with Crippen molar-refractivity contribution in [3.05, 3.63) is 29.5 Å². The number of nitrogens with two attached hydrogens (primary N) is 1. The molecule has 0 saturated carbocycles. The van der Waals surface area contributed by atoms with Crippen LogP contribution in [-0.4, -0.2) is 33.6 Å². The number of pyridine rings is 1. The number of aromatic amines is 1. The summed E-state index contributed by atoms with van der Waals surface area (Å²) < 4.78 is 0. The molecule has 4 heterocycles. The van der Waals surface area contributed by atoms with Gasteiger partial charge in [-0.1, -0.05) is 19.8 Å². The summed E-state index contributed by atoms with van der Waals surface area (Å²) in [4.78, 5) is 16.0. The van der Waals surface area contributed by atoms with Gasteiger partial charge in [-0.2, -0.15) is 0 Å². The molecule has 0 aliphatic carbocycles. The number of unbranched alkanes of at least 4 members (excludes halogenated alkanes) is 1. The van der Waals surface area contributed by atoms with E-state index < -0.39 is 0 Å². The quantitative estimate of drug-likeness (QED) is 0.723. The van der Waals surface area contributed by atoms with Gasteiger partial charge in [0.25, 0.3) is 0 Å². The van der Waals surface area contributed by atoms with Gasteiger partial charge >= 0.3 is 0 Å². The van der Waals surface area contributed by atoms with Crippen LogP contribution in [0.1, 0.15) is 37.5 Å². The van der Waals surface area contributed by atoms with E-state index in [4.69, 9.17) is 5.73 Å². The Balaban J connectivity index is 1.72. The van der Waals surface area contributed by atoms with E-state index >= 15 is 0 Å². The van der Waals surface area contributed by atoms with E-state index in [1.807, 2.05) is 18.6 Å². The summed E-state index contributed by atoms with van der Waals surface area (Å²) >= 11 is 1.72. The molecule has 1 atom stereocenters. The summed E-state index contributed by atoms with van der Waals surface area (Å²) in [5.74, 6) is 0. The van der Waals surface area contributed by atoms with Gasteiger partial charge in [0, 0.05) is 47.7 Å². The second kappa shape index (κ2) is 6.42. The largest absolute Gasteiger partial charge is 0.369 e. The highest BCUT2D eigenvalue weighted by atomic mass is 32.1. The van der Waals surface area contributed by atoms with Gasteiger partial charge in [0.15, 0.2) is 0 Å². The molecule has 0 radical (unpaired) electrons. The lowest BCUT2D eigenvalue weighted by Gasteiger charge is -2.26. The first-order valence-corrected chi connectivity index (χ1v) is 9.84. The van der Waals surface area contributed by atoms with Crippen LogP contribution in [0.5, 0.6) is 0 Å². The molecular formula is C19H25N5S. The van der Waals surface area contributed by atoms with Crippen LogP contribution in [0.2, 0.25) is 0 Å². The van der Waals surface area contributed by atoms with Crippen molar-refractivity contribution in [2.75, 3.05) is 18.0 Å². The van der Waals surface area contributed by atoms with Gasteiger partial charge < -0.3 is 15.6 Å². The van der Waals surface area contributed by atoms with Crippen molar-refractivity contribution in [1.82, 2.24) is 15.0 Å². The molecule has 0 aromatic carbocycles. The van der Waals surface area contributed by atoms with Crippen LogP contribution in [-0.2, 0) is 0 Å². The monoisotopic (exact) mass is 355 g/mol. The first-order chi connectivity index (χ1) is 12.1. The zero-order valence-corrected chi connectivity index (χ0v) is 15.7. The number of aromatic nitrogens is 3. The Labute approximate surface area is 152 Å². The van der Waals surface area contributed by atoms with E-state index in [2.05, 4.69) is 39.8 Å². The van der Waals surface area contributed by atoms with Gasteiger partial charge in [-0.05, 0) is 25.8 Å². The van der Waals surface area contributed by atoms with E-state index in [0.717, 1.165) is 47.5 Å². The maximum Gasteiger partial charge on any atom is 0.140 e. The molecule has 1 saturated heterocycles. The van der Waals surface area contributed by atoms with Gasteiger partial charge in [-0.25, -0.2) is 9.97 Å². The Morgan fingerprint density at radius 2 is 2.28 bits per heavy atom. The fourth-order valence-corrected chi connectivity index (χ4v) is 4.57. The summed E-state index contributed by atoms with van der Waals surface area (Å²) in [6.07, 6.45) is 10.4. The Morgan fingerprint density at radius 1 is 1.40 bits per heavy atom. The van der Waals surface area contributed by atoms with E-state index in [-0.39, 0.29) is 5.54 Å². The number of rotatable bonds is 5. The number of fused-ring (bicyclic) bond motifs is 1. The maximum absolute atomic E-state index is 6.67. The number of H-pyrrole nitrogens is 1. The predicted molar refractivity (Wildman–Crippen MR) is 105 cm³/mol. The third kappa shape index (κ3) is 3.04. The van der Waals surface area contributed by atoms with E-state index in [1.54, 1.807) is 11.3 Å². The third-order valence-corrected chi connectivity index (χ3v) is 6.10. The number of hydrogen-bond donors (Lipinski definition) is 2. The van der Waals surface area contributed by atoms with Crippen LogP contribution in [0, 0.1) is 6.92 Å². The van der Waals surface area contributed by atoms with Crippen LogP contribution >= 0.6 is 11.3 Å². The van der Waals surface area contributed by atoms with Gasteiger partial charge in [0.05, 0.1) is 11.1 Å². The van der Waals surface area contributed by atoms with Crippen molar-refractivity contribution in [3.63, 3.8) is 0 Å². The molecule has 1 fully saturated rings. The van der Waals surface area contributed by atoms with Gasteiger partial charge in [-0.3, -0.25) is 0 Å². The minimum Gasteiger partial charge on any atom is -0.369 e. The molecule has 3 aromatic rings.